The second kappa shape index (κ2) is 6.71. The molecular weight excluding hydrogens is 286 g/mol. The summed E-state index contributed by atoms with van der Waals surface area (Å²) in [7, 11) is 0. The number of rotatable bonds is 5. The van der Waals surface area contributed by atoms with Gasteiger partial charge < -0.3 is 5.32 Å². The molecule has 2 heterocycles. The molecule has 2 aromatic heterocycles. The van der Waals surface area contributed by atoms with Gasteiger partial charge in [0.05, 0.1) is 0 Å². The van der Waals surface area contributed by atoms with Gasteiger partial charge in [-0.25, -0.2) is 9.48 Å². The minimum Gasteiger partial charge on any atom is -0.335 e. The molecule has 7 heteroatoms. The van der Waals surface area contributed by atoms with Crippen LogP contribution in [0.4, 0.5) is 10.7 Å². The average Bonchev–Trinajstić information content (AvgIpc) is 2.98. The van der Waals surface area contributed by atoms with Crippen LogP contribution in [-0.2, 0) is 6.42 Å². The number of aryl methyl sites for hydroxylation is 1. The second-order valence-corrected chi connectivity index (χ2v) is 6.14. The maximum atomic E-state index is 11.9. The molecular formula is C14H21N5OS. The fourth-order valence-electron chi connectivity index (χ4n) is 2.12. The van der Waals surface area contributed by atoms with Crippen molar-refractivity contribution >= 4 is 23.3 Å². The van der Waals surface area contributed by atoms with E-state index >= 15 is 0 Å². The molecule has 0 saturated carbocycles. The van der Waals surface area contributed by atoms with Crippen LogP contribution in [0.5, 0.6) is 0 Å². The van der Waals surface area contributed by atoms with Crippen LogP contribution >= 0.6 is 11.3 Å². The van der Waals surface area contributed by atoms with Crippen molar-refractivity contribution < 1.29 is 4.79 Å². The molecule has 6 nitrogen and oxygen atoms in total. The van der Waals surface area contributed by atoms with E-state index < -0.39 is 0 Å². The standard InChI is InChI=1S/C14H21N5OS/c1-9(2)19-11(4)16-13(18-19)17-14(20)15-10(3)7-12-5-6-21-8-12/h5-6,8-10H,7H2,1-4H3,(H2,15,17,18,20). The first-order valence-electron chi connectivity index (χ1n) is 6.97. The summed E-state index contributed by atoms with van der Waals surface area (Å²) in [4.78, 5) is 16.2. The summed E-state index contributed by atoms with van der Waals surface area (Å²) in [6, 6.07) is 2.05. The summed E-state index contributed by atoms with van der Waals surface area (Å²) in [5.41, 5.74) is 1.23. The van der Waals surface area contributed by atoms with Crippen molar-refractivity contribution in [3.05, 3.63) is 28.2 Å². The average molecular weight is 307 g/mol. The van der Waals surface area contributed by atoms with E-state index in [2.05, 4.69) is 32.2 Å². The lowest BCUT2D eigenvalue weighted by Crippen LogP contribution is -2.37. The Balaban J connectivity index is 1.88. The van der Waals surface area contributed by atoms with Crippen LogP contribution in [0.25, 0.3) is 0 Å². The molecule has 114 valence electrons. The number of nitrogens with one attached hydrogen (secondary N) is 2. The summed E-state index contributed by atoms with van der Waals surface area (Å²) >= 11 is 1.66. The molecule has 2 N–H and O–H groups in total. The molecule has 21 heavy (non-hydrogen) atoms. The van der Waals surface area contributed by atoms with Crippen LogP contribution in [0.3, 0.4) is 0 Å². The molecule has 0 aliphatic carbocycles. The van der Waals surface area contributed by atoms with Gasteiger partial charge in [-0.1, -0.05) is 0 Å². The molecule has 1 atom stereocenters. The molecule has 0 fully saturated rings. The Labute approximate surface area is 128 Å². The number of nitrogens with zero attached hydrogens (tertiary/aromatic N) is 3. The first-order chi connectivity index (χ1) is 9.95. The molecule has 2 amide bonds. The summed E-state index contributed by atoms with van der Waals surface area (Å²) < 4.78 is 1.78. The lowest BCUT2D eigenvalue weighted by atomic mass is 10.1. The zero-order valence-corrected chi connectivity index (χ0v) is 13.6. The smallest absolute Gasteiger partial charge is 0.321 e. The van der Waals surface area contributed by atoms with Gasteiger partial charge in [0.15, 0.2) is 0 Å². The van der Waals surface area contributed by atoms with Gasteiger partial charge in [0.1, 0.15) is 5.82 Å². The fourth-order valence-corrected chi connectivity index (χ4v) is 2.80. The number of thiophene rings is 1. The highest BCUT2D eigenvalue weighted by atomic mass is 32.1. The van der Waals surface area contributed by atoms with Gasteiger partial charge in [-0.15, -0.1) is 5.10 Å². The normalized spacial score (nSPS) is 12.4. The van der Waals surface area contributed by atoms with E-state index in [1.54, 1.807) is 16.0 Å². The van der Waals surface area contributed by atoms with E-state index in [0.29, 0.717) is 5.95 Å². The maximum absolute atomic E-state index is 11.9. The van der Waals surface area contributed by atoms with Crippen molar-refractivity contribution in [2.45, 2.75) is 46.2 Å². The quantitative estimate of drug-likeness (QED) is 0.892. The van der Waals surface area contributed by atoms with E-state index in [9.17, 15) is 4.79 Å². The van der Waals surface area contributed by atoms with Gasteiger partial charge in [-0.05, 0) is 56.5 Å². The van der Waals surface area contributed by atoms with Crippen LogP contribution in [0.1, 0.15) is 38.2 Å². The minimum atomic E-state index is -0.279. The number of hydrogen-bond donors (Lipinski definition) is 2. The second-order valence-electron chi connectivity index (χ2n) is 5.36. The van der Waals surface area contributed by atoms with Crippen molar-refractivity contribution in [3.63, 3.8) is 0 Å². The third-order valence-corrected chi connectivity index (χ3v) is 3.75. The monoisotopic (exact) mass is 307 g/mol. The predicted octanol–water partition coefficient (Wildman–Crippen LogP) is 2.98. The first-order valence-corrected chi connectivity index (χ1v) is 7.91. The number of carbonyl (C=O) groups excluding carboxylic acids is 1. The SMILES string of the molecule is Cc1nc(NC(=O)NC(C)Cc2ccsc2)nn1C(C)C. The summed E-state index contributed by atoms with van der Waals surface area (Å²) in [6.07, 6.45) is 0.809. The van der Waals surface area contributed by atoms with Crippen LogP contribution < -0.4 is 10.6 Å². The van der Waals surface area contributed by atoms with E-state index in [1.165, 1.54) is 5.56 Å². The van der Waals surface area contributed by atoms with E-state index in [4.69, 9.17) is 0 Å². The molecule has 0 radical (unpaired) electrons. The Hall–Kier alpha value is -1.89. The van der Waals surface area contributed by atoms with Crippen molar-refractivity contribution in [2.24, 2.45) is 0 Å². The van der Waals surface area contributed by atoms with Crippen molar-refractivity contribution in [1.82, 2.24) is 20.1 Å². The largest absolute Gasteiger partial charge is 0.335 e. The Morgan fingerprint density at radius 3 is 2.76 bits per heavy atom. The lowest BCUT2D eigenvalue weighted by molar-refractivity contribution is 0.249. The van der Waals surface area contributed by atoms with Gasteiger partial charge in [-0.3, -0.25) is 5.32 Å². The molecule has 1 unspecified atom stereocenters. The van der Waals surface area contributed by atoms with Gasteiger partial charge >= 0.3 is 6.03 Å². The zero-order chi connectivity index (χ0) is 15.4. The summed E-state index contributed by atoms with van der Waals surface area (Å²) in [6.45, 7) is 7.89. The predicted molar refractivity (Wildman–Crippen MR) is 84.8 cm³/mol. The number of carbonyl (C=O) groups is 1. The Morgan fingerprint density at radius 1 is 1.43 bits per heavy atom. The summed E-state index contributed by atoms with van der Waals surface area (Å²) in [5, 5.41) is 14.0. The van der Waals surface area contributed by atoms with Crippen LogP contribution in [0, 0.1) is 6.92 Å². The highest BCUT2D eigenvalue weighted by Gasteiger charge is 2.13. The highest BCUT2D eigenvalue weighted by Crippen LogP contribution is 2.10. The number of hydrogen-bond acceptors (Lipinski definition) is 4. The summed E-state index contributed by atoms with van der Waals surface area (Å²) in [5.74, 6) is 1.12. The minimum absolute atomic E-state index is 0.0490. The van der Waals surface area contributed by atoms with E-state index in [0.717, 1.165) is 12.2 Å². The van der Waals surface area contributed by atoms with Crippen LogP contribution in [-0.4, -0.2) is 26.8 Å². The number of urea groups is 1. The third kappa shape index (κ3) is 4.29. The Bertz CT molecular complexity index is 591. The Morgan fingerprint density at radius 2 is 2.19 bits per heavy atom. The van der Waals surface area contributed by atoms with Crippen molar-refractivity contribution in [2.75, 3.05) is 5.32 Å². The van der Waals surface area contributed by atoms with Gasteiger partial charge in [0, 0.05) is 12.1 Å². The first kappa shape index (κ1) is 15.5. The topological polar surface area (TPSA) is 71.8 Å². The van der Waals surface area contributed by atoms with Gasteiger partial charge in [0.25, 0.3) is 0 Å². The molecule has 0 spiro atoms. The molecule has 0 aliphatic heterocycles. The fraction of sp³-hybridized carbons (Fsp3) is 0.500. The highest BCUT2D eigenvalue weighted by molar-refractivity contribution is 7.07. The molecule has 0 aliphatic rings. The number of anilines is 1. The maximum Gasteiger partial charge on any atom is 0.321 e. The number of aromatic nitrogens is 3. The van der Waals surface area contributed by atoms with Gasteiger partial charge in [0.2, 0.25) is 5.95 Å². The zero-order valence-electron chi connectivity index (χ0n) is 12.8. The lowest BCUT2D eigenvalue weighted by Gasteiger charge is -2.12. The molecule has 0 saturated heterocycles. The molecule has 0 aromatic carbocycles. The number of amides is 2. The Kier molecular flexibility index (Phi) is 4.95. The molecule has 0 bridgehead atoms. The van der Waals surface area contributed by atoms with Crippen molar-refractivity contribution in [3.8, 4) is 0 Å². The van der Waals surface area contributed by atoms with E-state index in [-0.39, 0.29) is 18.1 Å². The third-order valence-electron chi connectivity index (χ3n) is 3.02. The van der Waals surface area contributed by atoms with Crippen LogP contribution in [0.15, 0.2) is 16.8 Å². The van der Waals surface area contributed by atoms with Crippen LogP contribution in [0.2, 0.25) is 0 Å². The van der Waals surface area contributed by atoms with E-state index in [1.807, 2.05) is 33.1 Å². The molecule has 2 rings (SSSR count). The van der Waals surface area contributed by atoms with Crippen molar-refractivity contribution in [1.29, 1.82) is 0 Å². The van der Waals surface area contributed by atoms with Gasteiger partial charge in [-0.2, -0.15) is 16.3 Å². The molecule has 2 aromatic rings.